The predicted octanol–water partition coefficient (Wildman–Crippen LogP) is 3.44. The minimum Gasteiger partial charge on any atom is -0.336 e. The van der Waals surface area contributed by atoms with Crippen LogP contribution in [0.3, 0.4) is 0 Å². The van der Waals surface area contributed by atoms with Crippen LogP contribution in [0.4, 0.5) is 0 Å². The van der Waals surface area contributed by atoms with Crippen molar-refractivity contribution in [3.63, 3.8) is 0 Å². The lowest BCUT2D eigenvalue weighted by Crippen LogP contribution is -2.30. The van der Waals surface area contributed by atoms with E-state index in [0.29, 0.717) is 12.5 Å². The number of halogens is 1. The van der Waals surface area contributed by atoms with Crippen molar-refractivity contribution in [3.05, 3.63) is 35.4 Å². The standard InChI is InChI=1S/C14H18BrNO/c1-11-5-2-3-6-12(11)13-7-4-10-16(13)14(17)8-9-15/h2-3,5-6,13H,4,7-10H2,1H3. The van der Waals surface area contributed by atoms with E-state index in [1.165, 1.54) is 11.1 Å². The zero-order chi connectivity index (χ0) is 12.3. The molecule has 0 aromatic heterocycles. The van der Waals surface area contributed by atoms with Crippen LogP contribution in [0.1, 0.15) is 36.4 Å². The largest absolute Gasteiger partial charge is 0.336 e. The Labute approximate surface area is 111 Å². The van der Waals surface area contributed by atoms with Gasteiger partial charge in [0.05, 0.1) is 6.04 Å². The zero-order valence-corrected chi connectivity index (χ0v) is 11.7. The lowest BCUT2D eigenvalue weighted by atomic mass is 9.99. The molecule has 17 heavy (non-hydrogen) atoms. The van der Waals surface area contributed by atoms with Crippen molar-refractivity contribution in [3.8, 4) is 0 Å². The van der Waals surface area contributed by atoms with Crippen molar-refractivity contribution < 1.29 is 4.79 Å². The quantitative estimate of drug-likeness (QED) is 0.782. The molecule has 1 fully saturated rings. The topological polar surface area (TPSA) is 20.3 Å². The van der Waals surface area contributed by atoms with Crippen molar-refractivity contribution in [2.24, 2.45) is 0 Å². The smallest absolute Gasteiger partial charge is 0.223 e. The molecule has 0 radical (unpaired) electrons. The van der Waals surface area contributed by atoms with E-state index in [4.69, 9.17) is 0 Å². The fourth-order valence-corrected chi connectivity index (χ4v) is 2.91. The van der Waals surface area contributed by atoms with Gasteiger partial charge in [0.25, 0.3) is 0 Å². The third-order valence-corrected chi connectivity index (χ3v) is 3.83. The van der Waals surface area contributed by atoms with E-state index in [1.54, 1.807) is 0 Å². The summed E-state index contributed by atoms with van der Waals surface area (Å²) in [5.74, 6) is 0.271. The Bertz CT molecular complexity index is 405. The monoisotopic (exact) mass is 295 g/mol. The molecule has 0 bridgehead atoms. The molecule has 1 aromatic carbocycles. The van der Waals surface area contributed by atoms with Gasteiger partial charge >= 0.3 is 0 Å². The highest BCUT2D eigenvalue weighted by atomic mass is 79.9. The first-order valence-corrected chi connectivity index (χ1v) is 7.27. The van der Waals surface area contributed by atoms with Gasteiger partial charge < -0.3 is 4.90 Å². The molecule has 1 aromatic rings. The predicted molar refractivity (Wildman–Crippen MR) is 73.3 cm³/mol. The summed E-state index contributed by atoms with van der Waals surface area (Å²) in [7, 11) is 0. The third-order valence-electron chi connectivity index (χ3n) is 3.43. The molecule has 0 saturated carbocycles. The molecule has 1 aliphatic heterocycles. The number of hydrogen-bond donors (Lipinski definition) is 0. The van der Waals surface area contributed by atoms with Crippen LogP contribution in [0, 0.1) is 6.92 Å². The van der Waals surface area contributed by atoms with Crippen LogP contribution in [0.15, 0.2) is 24.3 Å². The second kappa shape index (κ2) is 5.67. The molecule has 1 saturated heterocycles. The van der Waals surface area contributed by atoms with E-state index in [9.17, 15) is 4.79 Å². The average molecular weight is 296 g/mol. The lowest BCUT2D eigenvalue weighted by molar-refractivity contribution is -0.131. The summed E-state index contributed by atoms with van der Waals surface area (Å²) in [6.07, 6.45) is 2.81. The van der Waals surface area contributed by atoms with Gasteiger partial charge in [-0.2, -0.15) is 0 Å². The molecular weight excluding hydrogens is 278 g/mol. The van der Waals surface area contributed by atoms with Crippen LogP contribution >= 0.6 is 15.9 Å². The molecule has 1 amide bonds. The van der Waals surface area contributed by atoms with Crippen molar-refractivity contribution >= 4 is 21.8 Å². The van der Waals surface area contributed by atoms with E-state index >= 15 is 0 Å². The van der Waals surface area contributed by atoms with Crippen LogP contribution in [0.25, 0.3) is 0 Å². The number of carbonyl (C=O) groups is 1. The molecule has 1 unspecified atom stereocenters. The Morgan fingerprint density at radius 3 is 2.94 bits per heavy atom. The first-order valence-electron chi connectivity index (χ1n) is 6.15. The van der Waals surface area contributed by atoms with Gasteiger partial charge in [-0.1, -0.05) is 40.2 Å². The average Bonchev–Trinajstić information content (AvgIpc) is 2.79. The Kier molecular flexibility index (Phi) is 4.21. The summed E-state index contributed by atoms with van der Waals surface area (Å²) >= 11 is 3.34. The maximum absolute atomic E-state index is 12.0. The van der Waals surface area contributed by atoms with Crippen molar-refractivity contribution in [1.29, 1.82) is 0 Å². The SMILES string of the molecule is Cc1ccccc1C1CCCN1C(=O)CCBr. The number of carbonyl (C=O) groups excluding carboxylic acids is 1. The Balaban J connectivity index is 2.20. The number of aryl methyl sites for hydroxylation is 1. The maximum Gasteiger partial charge on any atom is 0.223 e. The number of alkyl halides is 1. The van der Waals surface area contributed by atoms with Crippen molar-refractivity contribution in [2.45, 2.75) is 32.2 Å². The summed E-state index contributed by atoms with van der Waals surface area (Å²) < 4.78 is 0. The van der Waals surface area contributed by atoms with Crippen LogP contribution in [0.5, 0.6) is 0 Å². The van der Waals surface area contributed by atoms with Crippen LogP contribution in [-0.4, -0.2) is 22.7 Å². The molecule has 0 spiro atoms. The summed E-state index contributed by atoms with van der Waals surface area (Å²) in [6, 6.07) is 8.69. The zero-order valence-electron chi connectivity index (χ0n) is 10.2. The van der Waals surface area contributed by atoms with Crippen molar-refractivity contribution in [1.82, 2.24) is 4.90 Å². The number of hydrogen-bond acceptors (Lipinski definition) is 1. The number of likely N-dealkylation sites (tertiary alicyclic amines) is 1. The minimum atomic E-state index is 0.271. The van der Waals surface area contributed by atoms with Gasteiger partial charge in [0.2, 0.25) is 5.91 Å². The fraction of sp³-hybridized carbons (Fsp3) is 0.500. The van der Waals surface area contributed by atoms with Crippen LogP contribution < -0.4 is 0 Å². The van der Waals surface area contributed by atoms with Gasteiger partial charge in [0, 0.05) is 18.3 Å². The maximum atomic E-state index is 12.0. The van der Waals surface area contributed by atoms with Gasteiger partial charge in [0.1, 0.15) is 0 Å². The Morgan fingerprint density at radius 2 is 2.24 bits per heavy atom. The highest BCUT2D eigenvalue weighted by molar-refractivity contribution is 9.09. The van der Waals surface area contributed by atoms with Crippen LogP contribution in [-0.2, 0) is 4.79 Å². The number of rotatable bonds is 3. The number of benzene rings is 1. The normalized spacial score (nSPS) is 19.6. The molecule has 1 atom stereocenters. The van der Waals surface area contributed by atoms with Gasteiger partial charge in [-0.25, -0.2) is 0 Å². The van der Waals surface area contributed by atoms with E-state index in [0.717, 1.165) is 24.7 Å². The Hall–Kier alpha value is -0.830. The number of nitrogens with zero attached hydrogens (tertiary/aromatic N) is 1. The summed E-state index contributed by atoms with van der Waals surface area (Å²) in [4.78, 5) is 14.1. The molecule has 2 nitrogen and oxygen atoms in total. The van der Waals surface area contributed by atoms with Crippen LogP contribution in [0.2, 0.25) is 0 Å². The first-order chi connectivity index (χ1) is 8.24. The van der Waals surface area contributed by atoms with Gasteiger partial charge in [-0.15, -0.1) is 0 Å². The van der Waals surface area contributed by atoms with Gasteiger partial charge in [-0.3, -0.25) is 4.79 Å². The summed E-state index contributed by atoms with van der Waals surface area (Å²) in [5.41, 5.74) is 2.60. The summed E-state index contributed by atoms with van der Waals surface area (Å²) in [5, 5.41) is 0.753. The molecular formula is C14H18BrNO. The van der Waals surface area contributed by atoms with E-state index in [2.05, 4.69) is 47.1 Å². The van der Waals surface area contributed by atoms with Gasteiger partial charge in [-0.05, 0) is 30.9 Å². The molecule has 92 valence electrons. The Morgan fingerprint density at radius 1 is 1.47 bits per heavy atom. The fourth-order valence-electron chi connectivity index (χ4n) is 2.57. The molecule has 1 aliphatic rings. The van der Waals surface area contributed by atoms with E-state index in [1.807, 2.05) is 4.90 Å². The highest BCUT2D eigenvalue weighted by Gasteiger charge is 2.29. The summed E-state index contributed by atoms with van der Waals surface area (Å²) in [6.45, 7) is 3.03. The first kappa shape index (κ1) is 12.6. The van der Waals surface area contributed by atoms with Gasteiger partial charge in [0.15, 0.2) is 0 Å². The number of amides is 1. The molecule has 0 aliphatic carbocycles. The third kappa shape index (κ3) is 2.71. The van der Waals surface area contributed by atoms with Crippen molar-refractivity contribution in [2.75, 3.05) is 11.9 Å². The van der Waals surface area contributed by atoms with E-state index in [-0.39, 0.29) is 5.91 Å². The lowest BCUT2D eigenvalue weighted by Gasteiger charge is -2.26. The molecule has 2 rings (SSSR count). The van der Waals surface area contributed by atoms with E-state index < -0.39 is 0 Å². The second-order valence-electron chi connectivity index (χ2n) is 4.54. The molecule has 0 N–H and O–H groups in total. The highest BCUT2D eigenvalue weighted by Crippen LogP contribution is 2.33. The second-order valence-corrected chi connectivity index (χ2v) is 5.33. The minimum absolute atomic E-state index is 0.271. The molecule has 3 heteroatoms. The molecule has 1 heterocycles.